The summed E-state index contributed by atoms with van der Waals surface area (Å²) in [5.41, 5.74) is 2.60. The lowest BCUT2D eigenvalue weighted by Crippen LogP contribution is -2.17. The van der Waals surface area contributed by atoms with Crippen molar-refractivity contribution < 1.29 is 14.5 Å². The number of nitro benzene ring substituents is 1. The van der Waals surface area contributed by atoms with Crippen LogP contribution in [-0.2, 0) is 0 Å². The summed E-state index contributed by atoms with van der Waals surface area (Å²) in [5, 5.41) is 16.8. The second kappa shape index (κ2) is 8.35. The maximum atomic E-state index is 12.7. The first-order valence-corrected chi connectivity index (χ1v) is 8.88. The highest BCUT2D eigenvalue weighted by Gasteiger charge is 2.19. The van der Waals surface area contributed by atoms with Crippen LogP contribution in [0.4, 0.5) is 17.1 Å². The number of hydrogen-bond acceptors (Lipinski definition) is 4. The minimum atomic E-state index is -0.630. The number of hydrogen-bond donors (Lipinski definition) is 2. The molecule has 0 bridgehead atoms. The molecule has 0 aliphatic rings. The van der Waals surface area contributed by atoms with Crippen LogP contribution in [0.25, 0.3) is 0 Å². The largest absolute Gasteiger partial charge is 0.322 e. The van der Waals surface area contributed by atoms with Gasteiger partial charge in [0.1, 0.15) is 0 Å². The van der Waals surface area contributed by atoms with Crippen LogP contribution in [0.1, 0.15) is 31.8 Å². The second-order valence-electron chi connectivity index (χ2n) is 6.56. The molecular formula is C22H19N3O4. The molecule has 0 atom stereocenters. The molecular weight excluding hydrogens is 370 g/mol. The molecule has 7 heteroatoms. The standard InChI is InChI=1S/C22H19N3O4/c1-14-7-3-5-9-19(14)23-21(26)16-11-17(13-18(12-16)25(28)29)22(27)24-20-10-6-4-8-15(20)2/h3-13H,1-2H3,(H,23,26)(H,24,27). The topological polar surface area (TPSA) is 101 Å². The van der Waals surface area contributed by atoms with E-state index < -0.39 is 16.7 Å². The van der Waals surface area contributed by atoms with Crippen molar-refractivity contribution in [3.8, 4) is 0 Å². The van der Waals surface area contributed by atoms with Gasteiger partial charge in [0.2, 0.25) is 0 Å². The van der Waals surface area contributed by atoms with Crippen LogP contribution < -0.4 is 10.6 Å². The highest BCUT2D eigenvalue weighted by molar-refractivity contribution is 6.09. The highest BCUT2D eigenvalue weighted by atomic mass is 16.6. The predicted molar refractivity (Wildman–Crippen MR) is 111 cm³/mol. The van der Waals surface area contributed by atoms with Crippen molar-refractivity contribution >= 4 is 28.9 Å². The lowest BCUT2D eigenvalue weighted by atomic mass is 10.1. The number of carbonyl (C=O) groups excluding carboxylic acids is 2. The Morgan fingerprint density at radius 3 is 1.55 bits per heavy atom. The molecule has 0 spiro atoms. The van der Waals surface area contributed by atoms with Gasteiger partial charge in [0.05, 0.1) is 4.92 Å². The number of nitrogens with one attached hydrogen (secondary N) is 2. The van der Waals surface area contributed by atoms with E-state index in [0.29, 0.717) is 11.4 Å². The third kappa shape index (κ3) is 4.65. The molecule has 0 radical (unpaired) electrons. The number of benzene rings is 3. The van der Waals surface area contributed by atoms with E-state index in [9.17, 15) is 19.7 Å². The van der Waals surface area contributed by atoms with Crippen molar-refractivity contribution in [1.29, 1.82) is 0 Å². The fourth-order valence-electron chi connectivity index (χ4n) is 2.79. The van der Waals surface area contributed by atoms with Gasteiger partial charge in [-0.15, -0.1) is 0 Å². The second-order valence-corrected chi connectivity index (χ2v) is 6.56. The maximum Gasteiger partial charge on any atom is 0.271 e. The van der Waals surface area contributed by atoms with Crippen molar-refractivity contribution in [3.05, 3.63) is 99.1 Å². The minimum absolute atomic E-state index is 0.0254. The zero-order valence-electron chi connectivity index (χ0n) is 15.9. The van der Waals surface area contributed by atoms with Crippen molar-refractivity contribution in [2.45, 2.75) is 13.8 Å². The van der Waals surface area contributed by atoms with Gasteiger partial charge < -0.3 is 10.6 Å². The Bertz CT molecular complexity index is 1030. The van der Waals surface area contributed by atoms with Crippen molar-refractivity contribution in [1.82, 2.24) is 0 Å². The molecule has 146 valence electrons. The van der Waals surface area contributed by atoms with Gasteiger partial charge >= 0.3 is 0 Å². The van der Waals surface area contributed by atoms with E-state index in [1.165, 1.54) is 6.07 Å². The monoisotopic (exact) mass is 389 g/mol. The smallest absolute Gasteiger partial charge is 0.271 e. The summed E-state index contributed by atoms with van der Waals surface area (Å²) in [6.45, 7) is 3.67. The molecule has 3 aromatic carbocycles. The number of para-hydroxylation sites is 2. The molecule has 0 aromatic heterocycles. The first kappa shape index (κ1) is 19.8. The molecule has 0 fully saturated rings. The molecule has 0 heterocycles. The predicted octanol–water partition coefficient (Wildman–Crippen LogP) is 4.72. The SMILES string of the molecule is Cc1ccccc1NC(=O)c1cc(C(=O)Nc2ccccc2C)cc([N+](=O)[O-])c1. The summed E-state index contributed by atoms with van der Waals surface area (Å²) in [4.78, 5) is 36.0. The van der Waals surface area contributed by atoms with E-state index in [-0.39, 0.29) is 16.8 Å². The lowest BCUT2D eigenvalue weighted by molar-refractivity contribution is -0.384. The lowest BCUT2D eigenvalue weighted by Gasteiger charge is -2.11. The van der Waals surface area contributed by atoms with Crippen LogP contribution in [0.15, 0.2) is 66.7 Å². The summed E-state index contributed by atoms with van der Waals surface area (Å²) < 4.78 is 0. The summed E-state index contributed by atoms with van der Waals surface area (Å²) in [6.07, 6.45) is 0. The Balaban J connectivity index is 1.92. The van der Waals surface area contributed by atoms with E-state index in [1.807, 2.05) is 38.1 Å². The molecule has 3 aromatic rings. The molecule has 0 saturated heterocycles. The highest BCUT2D eigenvalue weighted by Crippen LogP contribution is 2.22. The van der Waals surface area contributed by atoms with Crippen molar-refractivity contribution in [2.24, 2.45) is 0 Å². The number of nitrogens with zero attached hydrogens (tertiary/aromatic N) is 1. The average Bonchev–Trinajstić information content (AvgIpc) is 2.71. The van der Waals surface area contributed by atoms with Crippen LogP contribution in [0.5, 0.6) is 0 Å². The van der Waals surface area contributed by atoms with Crippen LogP contribution in [0, 0.1) is 24.0 Å². The Labute approximate surface area is 167 Å². The zero-order valence-corrected chi connectivity index (χ0v) is 15.9. The van der Waals surface area contributed by atoms with Gasteiger partial charge in [-0.2, -0.15) is 0 Å². The van der Waals surface area contributed by atoms with Gasteiger partial charge in [-0.3, -0.25) is 19.7 Å². The fourth-order valence-corrected chi connectivity index (χ4v) is 2.79. The van der Waals surface area contributed by atoms with Gasteiger partial charge in [-0.05, 0) is 43.2 Å². The van der Waals surface area contributed by atoms with Crippen LogP contribution >= 0.6 is 0 Å². The van der Waals surface area contributed by atoms with Crippen molar-refractivity contribution in [2.75, 3.05) is 10.6 Å². The van der Waals surface area contributed by atoms with Crippen molar-refractivity contribution in [3.63, 3.8) is 0 Å². The van der Waals surface area contributed by atoms with E-state index >= 15 is 0 Å². The van der Waals surface area contributed by atoms with Gasteiger partial charge in [-0.1, -0.05) is 36.4 Å². The molecule has 2 amide bonds. The molecule has 3 rings (SSSR count). The Morgan fingerprint density at radius 1 is 0.759 bits per heavy atom. The first-order valence-electron chi connectivity index (χ1n) is 8.88. The minimum Gasteiger partial charge on any atom is -0.322 e. The average molecular weight is 389 g/mol. The molecule has 0 aliphatic carbocycles. The third-order valence-corrected chi connectivity index (χ3v) is 4.44. The number of amides is 2. The quantitative estimate of drug-likeness (QED) is 0.487. The van der Waals surface area contributed by atoms with E-state index in [4.69, 9.17) is 0 Å². The normalized spacial score (nSPS) is 10.3. The van der Waals surface area contributed by atoms with Crippen LogP contribution in [-0.4, -0.2) is 16.7 Å². The zero-order chi connectivity index (χ0) is 21.0. The summed E-state index contributed by atoms with van der Waals surface area (Å²) in [7, 11) is 0. The molecule has 29 heavy (non-hydrogen) atoms. The number of aryl methyl sites for hydroxylation is 2. The Hall–Kier alpha value is -4.00. The Kier molecular flexibility index (Phi) is 5.69. The maximum absolute atomic E-state index is 12.7. The van der Waals surface area contributed by atoms with Gasteiger partial charge in [0.25, 0.3) is 17.5 Å². The molecule has 0 unspecified atom stereocenters. The summed E-state index contributed by atoms with van der Waals surface area (Å²) in [6, 6.07) is 18.0. The molecule has 0 saturated carbocycles. The van der Waals surface area contributed by atoms with E-state index in [2.05, 4.69) is 10.6 Å². The van der Waals surface area contributed by atoms with Gasteiger partial charge in [0.15, 0.2) is 0 Å². The number of nitro groups is 1. The van der Waals surface area contributed by atoms with E-state index in [0.717, 1.165) is 23.3 Å². The number of anilines is 2. The Morgan fingerprint density at radius 2 is 1.17 bits per heavy atom. The van der Waals surface area contributed by atoms with Gasteiger partial charge in [-0.25, -0.2) is 0 Å². The van der Waals surface area contributed by atoms with Crippen LogP contribution in [0.3, 0.4) is 0 Å². The third-order valence-electron chi connectivity index (χ3n) is 4.44. The summed E-state index contributed by atoms with van der Waals surface area (Å²) in [5.74, 6) is -1.07. The van der Waals surface area contributed by atoms with E-state index in [1.54, 1.807) is 24.3 Å². The number of carbonyl (C=O) groups is 2. The molecule has 2 N–H and O–H groups in total. The van der Waals surface area contributed by atoms with Gasteiger partial charge in [0, 0.05) is 34.6 Å². The molecule has 7 nitrogen and oxygen atoms in total. The first-order chi connectivity index (χ1) is 13.8. The number of rotatable bonds is 5. The molecule has 0 aliphatic heterocycles. The summed E-state index contributed by atoms with van der Waals surface area (Å²) >= 11 is 0. The van der Waals surface area contributed by atoms with Crippen LogP contribution in [0.2, 0.25) is 0 Å². The fraction of sp³-hybridized carbons (Fsp3) is 0.0909. The number of non-ortho nitro benzene ring substituents is 1.